The highest BCUT2D eigenvalue weighted by Gasteiger charge is 2.05. The van der Waals surface area contributed by atoms with Crippen LogP contribution in [0.1, 0.15) is 18.2 Å². The molecule has 0 spiro atoms. The summed E-state index contributed by atoms with van der Waals surface area (Å²) >= 11 is 0. The van der Waals surface area contributed by atoms with Crippen molar-refractivity contribution < 1.29 is 5.11 Å². The van der Waals surface area contributed by atoms with Crippen LogP contribution in [0.2, 0.25) is 0 Å². The van der Waals surface area contributed by atoms with Gasteiger partial charge >= 0.3 is 0 Å². The SMILES string of the molecule is CCc1nc(N(C)C)ncc1CO. The molecular formula is C9H15N3O. The lowest BCUT2D eigenvalue weighted by Gasteiger charge is -2.12. The van der Waals surface area contributed by atoms with Gasteiger partial charge in [0.25, 0.3) is 0 Å². The molecule has 0 aliphatic rings. The van der Waals surface area contributed by atoms with Gasteiger partial charge in [-0.05, 0) is 6.42 Å². The molecule has 0 amide bonds. The summed E-state index contributed by atoms with van der Waals surface area (Å²) in [6, 6.07) is 0. The van der Waals surface area contributed by atoms with Crippen LogP contribution < -0.4 is 4.90 Å². The van der Waals surface area contributed by atoms with Crippen LogP contribution in [0.15, 0.2) is 6.20 Å². The first kappa shape index (κ1) is 9.92. The maximum Gasteiger partial charge on any atom is 0.225 e. The molecule has 1 aromatic rings. The number of hydrogen-bond acceptors (Lipinski definition) is 4. The topological polar surface area (TPSA) is 49.2 Å². The van der Waals surface area contributed by atoms with E-state index in [4.69, 9.17) is 5.11 Å². The summed E-state index contributed by atoms with van der Waals surface area (Å²) in [4.78, 5) is 10.3. The lowest BCUT2D eigenvalue weighted by atomic mass is 10.2. The number of aliphatic hydroxyl groups is 1. The van der Waals surface area contributed by atoms with Crippen molar-refractivity contribution in [1.29, 1.82) is 0 Å². The lowest BCUT2D eigenvalue weighted by molar-refractivity contribution is 0.279. The van der Waals surface area contributed by atoms with E-state index in [0.29, 0.717) is 5.95 Å². The summed E-state index contributed by atoms with van der Waals surface area (Å²) in [5.41, 5.74) is 1.73. The number of rotatable bonds is 3. The highest BCUT2D eigenvalue weighted by molar-refractivity contribution is 5.30. The van der Waals surface area contributed by atoms with E-state index < -0.39 is 0 Å². The molecule has 1 rings (SSSR count). The van der Waals surface area contributed by atoms with Crippen LogP contribution in [0.3, 0.4) is 0 Å². The Bertz CT molecular complexity index is 286. The van der Waals surface area contributed by atoms with Gasteiger partial charge in [-0.1, -0.05) is 6.92 Å². The fraction of sp³-hybridized carbons (Fsp3) is 0.556. The second-order valence-corrected chi connectivity index (χ2v) is 3.05. The van der Waals surface area contributed by atoms with Gasteiger partial charge in [-0.3, -0.25) is 0 Å². The Kier molecular flexibility index (Phi) is 3.19. The molecule has 1 N–H and O–H groups in total. The van der Waals surface area contributed by atoms with Crippen molar-refractivity contribution >= 4 is 5.95 Å². The van der Waals surface area contributed by atoms with Gasteiger partial charge in [-0.15, -0.1) is 0 Å². The Morgan fingerprint density at radius 1 is 1.46 bits per heavy atom. The molecule has 0 saturated carbocycles. The highest BCUT2D eigenvalue weighted by atomic mass is 16.3. The molecule has 0 aliphatic heterocycles. The standard InChI is InChI=1S/C9H15N3O/c1-4-8-7(6-13)5-10-9(11-8)12(2)3/h5,13H,4,6H2,1-3H3. The van der Waals surface area contributed by atoms with Crippen LogP contribution in [-0.4, -0.2) is 29.2 Å². The summed E-state index contributed by atoms with van der Waals surface area (Å²) in [6.45, 7) is 2.03. The first-order valence-electron chi connectivity index (χ1n) is 4.32. The molecular weight excluding hydrogens is 166 g/mol. The maximum atomic E-state index is 8.99. The molecule has 0 aromatic carbocycles. The number of nitrogens with zero attached hydrogens (tertiary/aromatic N) is 3. The molecule has 1 heterocycles. The van der Waals surface area contributed by atoms with Gasteiger partial charge in [-0.2, -0.15) is 0 Å². The average Bonchev–Trinajstić information content (AvgIpc) is 2.16. The van der Waals surface area contributed by atoms with Crippen LogP contribution in [0.25, 0.3) is 0 Å². The molecule has 0 saturated heterocycles. The van der Waals surface area contributed by atoms with Gasteiger partial charge in [-0.25, -0.2) is 9.97 Å². The highest BCUT2D eigenvalue weighted by Crippen LogP contribution is 2.10. The minimum atomic E-state index is 0.0108. The molecule has 1 aromatic heterocycles. The maximum absolute atomic E-state index is 8.99. The minimum absolute atomic E-state index is 0.0108. The van der Waals surface area contributed by atoms with Crippen molar-refractivity contribution in [2.24, 2.45) is 0 Å². The fourth-order valence-corrected chi connectivity index (χ4v) is 1.09. The molecule has 0 fully saturated rings. The van der Waals surface area contributed by atoms with Gasteiger partial charge in [0.05, 0.1) is 12.3 Å². The summed E-state index contributed by atoms with van der Waals surface area (Å²) in [5, 5.41) is 8.99. The fourth-order valence-electron chi connectivity index (χ4n) is 1.09. The summed E-state index contributed by atoms with van der Waals surface area (Å²) in [7, 11) is 3.79. The molecule has 72 valence electrons. The van der Waals surface area contributed by atoms with E-state index in [1.54, 1.807) is 6.20 Å². The predicted molar refractivity (Wildman–Crippen MR) is 51.7 cm³/mol. The predicted octanol–water partition coefficient (Wildman–Crippen LogP) is 0.597. The first-order chi connectivity index (χ1) is 6.19. The first-order valence-corrected chi connectivity index (χ1v) is 4.32. The van der Waals surface area contributed by atoms with Crippen molar-refractivity contribution in [3.8, 4) is 0 Å². The molecule has 0 bridgehead atoms. The smallest absolute Gasteiger partial charge is 0.225 e. The minimum Gasteiger partial charge on any atom is -0.392 e. The van der Waals surface area contributed by atoms with Gasteiger partial charge in [0, 0.05) is 25.9 Å². The molecule has 0 radical (unpaired) electrons. The van der Waals surface area contributed by atoms with E-state index >= 15 is 0 Å². The van der Waals surface area contributed by atoms with Crippen molar-refractivity contribution in [3.63, 3.8) is 0 Å². The summed E-state index contributed by atoms with van der Waals surface area (Å²) in [6.07, 6.45) is 2.50. The van der Waals surface area contributed by atoms with Crippen LogP contribution in [0, 0.1) is 0 Å². The number of aliphatic hydroxyl groups excluding tert-OH is 1. The van der Waals surface area contributed by atoms with Gasteiger partial charge in [0.15, 0.2) is 0 Å². The van der Waals surface area contributed by atoms with Crippen LogP contribution in [-0.2, 0) is 13.0 Å². The van der Waals surface area contributed by atoms with Crippen molar-refractivity contribution in [2.75, 3.05) is 19.0 Å². The Morgan fingerprint density at radius 2 is 2.15 bits per heavy atom. The second kappa shape index (κ2) is 4.18. The second-order valence-electron chi connectivity index (χ2n) is 3.05. The van der Waals surface area contributed by atoms with Crippen molar-refractivity contribution in [1.82, 2.24) is 9.97 Å². The van der Waals surface area contributed by atoms with Crippen LogP contribution >= 0.6 is 0 Å². The number of hydrogen-bond donors (Lipinski definition) is 1. The normalized spacial score (nSPS) is 10.2. The largest absolute Gasteiger partial charge is 0.392 e. The van der Waals surface area contributed by atoms with Crippen molar-refractivity contribution in [2.45, 2.75) is 20.0 Å². The van der Waals surface area contributed by atoms with Crippen molar-refractivity contribution in [3.05, 3.63) is 17.5 Å². The van der Waals surface area contributed by atoms with Crippen LogP contribution in [0.5, 0.6) is 0 Å². The van der Waals surface area contributed by atoms with Crippen LogP contribution in [0.4, 0.5) is 5.95 Å². The quantitative estimate of drug-likeness (QED) is 0.741. The molecule has 13 heavy (non-hydrogen) atoms. The number of aromatic nitrogens is 2. The third-order valence-electron chi connectivity index (χ3n) is 1.85. The molecule has 0 atom stereocenters. The third kappa shape index (κ3) is 2.15. The zero-order valence-corrected chi connectivity index (χ0v) is 8.28. The number of anilines is 1. The molecule has 4 nitrogen and oxygen atoms in total. The van der Waals surface area contributed by atoms with E-state index in [-0.39, 0.29) is 6.61 Å². The Morgan fingerprint density at radius 3 is 2.62 bits per heavy atom. The average molecular weight is 181 g/mol. The zero-order valence-electron chi connectivity index (χ0n) is 8.28. The van der Waals surface area contributed by atoms with Gasteiger partial charge in [0.2, 0.25) is 5.95 Å². The monoisotopic (exact) mass is 181 g/mol. The zero-order chi connectivity index (χ0) is 9.84. The van der Waals surface area contributed by atoms with E-state index in [9.17, 15) is 0 Å². The lowest BCUT2D eigenvalue weighted by Crippen LogP contribution is -2.14. The van der Waals surface area contributed by atoms with E-state index in [1.165, 1.54) is 0 Å². The summed E-state index contributed by atoms with van der Waals surface area (Å²) in [5.74, 6) is 0.689. The molecule has 4 heteroatoms. The Hall–Kier alpha value is -1.16. The van der Waals surface area contributed by atoms with E-state index in [1.807, 2.05) is 25.9 Å². The molecule has 0 aliphatic carbocycles. The number of aryl methyl sites for hydroxylation is 1. The van der Waals surface area contributed by atoms with Gasteiger partial charge < -0.3 is 10.0 Å². The van der Waals surface area contributed by atoms with E-state index in [2.05, 4.69) is 9.97 Å². The van der Waals surface area contributed by atoms with Gasteiger partial charge in [0.1, 0.15) is 0 Å². The van der Waals surface area contributed by atoms with E-state index in [0.717, 1.165) is 17.7 Å². The molecule has 0 unspecified atom stereocenters. The Labute approximate surface area is 78.2 Å². The summed E-state index contributed by atoms with van der Waals surface area (Å²) < 4.78 is 0. The Balaban J connectivity index is 3.05. The third-order valence-corrected chi connectivity index (χ3v) is 1.85.